The van der Waals surface area contributed by atoms with Gasteiger partial charge in [0.1, 0.15) is 0 Å². The van der Waals surface area contributed by atoms with Crippen molar-refractivity contribution in [1.29, 1.82) is 0 Å². The number of ether oxygens (including phenoxy) is 2. The van der Waals surface area contributed by atoms with E-state index in [1.54, 1.807) is 7.11 Å². The highest BCUT2D eigenvalue weighted by atomic mass is 16.6. The number of methoxy groups -OCH3 is 2. The number of allylic oxidation sites excluding steroid dienone is 2. The van der Waals surface area contributed by atoms with Gasteiger partial charge in [-0.1, -0.05) is 57.6 Å². The molecule has 124 valence electrons. The van der Waals surface area contributed by atoms with Crippen molar-refractivity contribution in [3.63, 3.8) is 0 Å². The molecule has 1 unspecified atom stereocenters. The first-order chi connectivity index (χ1) is 10.3. The first-order valence-electron chi connectivity index (χ1n) is 8.51. The fourth-order valence-corrected chi connectivity index (χ4v) is 2.34. The molecule has 0 aliphatic carbocycles. The first kappa shape index (κ1) is 20.2. The zero-order chi connectivity index (χ0) is 15.8. The third kappa shape index (κ3) is 12.6. The lowest BCUT2D eigenvalue weighted by atomic mass is 10.1. The molecule has 0 radical (unpaired) electrons. The average Bonchev–Trinajstić information content (AvgIpc) is 2.51. The number of unbranched alkanes of at least 4 members (excludes halogenated alkanes) is 8. The molecule has 3 heteroatoms. The Morgan fingerprint density at radius 3 is 2.05 bits per heavy atom. The van der Waals surface area contributed by atoms with E-state index in [0.717, 1.165) is 19.3 Å². The van der Waals surface area contributed by atoms with Gasteiger partial charge in [0.05, 0.1) is 7.11 Å². The largest absolute Gasteiger partial charge is 0.467 e. The van der Waals surface area contributed by atoms with Gasteiger partial charge >= 0.3 is 5.97 Å². The molecule has 0 heterocycles. The average molecular weight is 298 g/mol. The first-order valence-corrected chi connectivity index (χ1v) is 8.51. The highest BCUT2D eigenvalue weighted by Gasteiger charge is 2.16. The maximum absolute atomic E-state index is 11.3. The van der Waals surface area contributed by atoms with Crippen LogP contribution in [0.1, 0.15) is 77.6 Å². The van der Waals surface area contributed by atoms with Gasteiger partial charge in [-0.05, 0) is 32.1 Å². The number of rotatable bonds is 14. The molecule has 0 aliphatic rings. The molecule has 0 aromatic rings. The molecule has 0 aromatic heterocycles. The van der Waals surface area contributed by atoms with Crippen LogP contribution >= 0.6 is 0 Å². The van der Waals surface area contributed by atoms with Crippen LogP contribution < -0.4 is 0 Å². The fourth-order valence-electron chi connectivity index (χ4n) is 2.34. The molecular weight excluding hydrogens is 264 g/mol. The van der Waals surface area contributed by atoms with Crippen molar-refractivity contribution in [2.75, 3.05) is 14.2 Å². The van der Waals surface area contributed by atoms with Crippen LogP contribution in [0.5, 0.6) is 0 Å². The number of esters is 1. The smallest absolute Gasteiger partial charge is 0.334 e. The Labute approximate surface area is 131 Å². The van der Waals surface area contributed by atoms with E-state index in [0.29, 0.717) is 0 Å². The van der Waals surface area contributed by atoms with Crippen molar-refractivity contribution in [3.05, 3.63) is 12.2 Å². The highest BCUT2D eigenvalue weighted by molar-refractivity contribution is 5.74. The number of carbonyl (C=O) groups excluding carboxylic acids is 1. The minimum atomic E-state index is -0.411. The predicted molar refractivity (Wildman–Crippen MR) is 88.4 cm³/mol. The van der Waals surface area contributed by atoms with Crippen LogP contribution in [0.3, 0.4) is 0 Å². The lowest BCUT2D eigenvalue weighted by Crippen LogP contribution is -2.24. The summed E-state index contributed by atoms with van der Waals surface area (Å²) in [5, 5.41) is 0. The molecule has 21 heavy (non-hydrogen) atoms. The van der Waals surface area contributed by atoms with Gasteiger partial charge in [-0.2, -0.15) is 0 Å². The van der Waals surface area contributed by atoms with E-state index in [1.807, 2.05) is 0 Å². The van der Waals surface area contributed by atoms with E-state index >= 15 is 0 Å². The second-order valence-corrected chi connectivity index (χ2v) is 5.56. The van der Waals surface area contributed by atoms with Crippen molar-refractivity contribution >= 4 is 5.97 Å². The quantitative estimate of drug-likeness (QED) is 0.256. The summed E-state index contributed by atoms with van der Waals surface area (Å²) in [7, 11) is 2.95. The van der Waals surface area contributed by atoms with Crippen LogP contribution in [0.2, 0.25) is 0 Å². The Hall–Kier alpha value is -0.830. The van der Waals surface area contributed by atoms with Gasteiger partial charge in [0, 0.05) is 7.11 Å². The molecule has 0 amide bonds. The maximum atomic E-state index is 11.3. The van der Waals surface area contributed by atoms with Crippen molar-refractivity contribution in [2.45, 2.75) is 83.7 Å². The predicted octanol–water partition coefficient (Wildman–Crippen LogP) is 5.04. The zero-order valence-corrected chi connectivity index (χ0v) is 14.2. The summed E-state index contributed by atoms with van der Waals surface area (Å²) in [4.78, 5) is 11.3. The van der Waals surface area contributed by atoms with E-state index in [1.165, 1.54) is 58.5 Å². The molecule has 1 atom stereocenters. The van der Waals surface area contributed by atoms with Gasteiger partial charge in [0.15, 0.2) is 6.10 Å². The van der Waals surface area contributed by atoms with Crippen LogP contribution in [0, 0.1) is 0 Å². The number of hydrogen-bond donors (Lipinski definition) is 0. The normalized spacial score (nSPS) is 12.7. The molecular formula is C18H34O3. The molecule has 0 N–H and O–H groups in total. The Bertz CT molecular complexity index is 261. The van der Waals surface area contributed by atoms with Gasteiger partial charge in [-0.15, -0.1) is 0 Å². The van der Waals surface area contributed by atoms with E-state index in [4.69, 9.17) is 4.74 Å². The monoisotopic (exact) mass is 298 g/mol. The summed E-state index contributed by atoms with van der Waals surface area (Å²) >= 11 is 0. The summed E-state index contributed by atoms with van der Waals surface area (Å²) in [6.45, 7) is 2.25. The molecule has 0 bridgehead atoms. The van der Waals surface area contributed by atoms with Gasteiger partial charge < -0.3 is 9.47 Å². The Morgan fingerprint density at radius 1 is 0.905 bits per heavy atom. The van der Waals surface area contributed by atoms with E-state index in [9.17, 15) is 4.79 Å². The molecule has 0 fully saturated rings. The highest BCUT2D eigenvalue weighted by Crippen LogP contribution is 2.10. The van der Waals surface area contributed by atoms with E-state index in [-0.39, 0.29) is 5.97 Å². The van der Waals surface area contributed by atoms with Crippen LogP contribution in [-0.4, -0.2) is 26.3 Å². The van der Waals surface area contributed by atoms with Gasteiger partial charge in [-0.25, -0.2) is 4.79 Å². The second kappa shape index (κ2) is 15.6. The third-order valence-corrected chi connectivity index (χ3v) is 3.73. The summed E-state index contributed by atoms with van der Waals surface area (Å²) in [6.07, 6.45) is 17.5. The number of carbonyl (C=O) groups is 1. The standard InChI is InChI=1S/C18H34O3/c1-4-5-6-7-8-9-10-11-12-13-14-15-16-17(20-2)18(19)21-3/h12-13,17H,4-11,14-16H2,1-3H3/b13-12-. The molecule has 0 rings (SSSR count). The minimum Gasteiger partial charge on any atom is -0.467 e. The summed E-state index contributed by atoms with van der Waals surface area (Å²) in [5.74, 6) is -0.274. The Morgan fingerprint density at radius 2 is 1.48 bits per heavy atom. The lowest BCUT2D eigenvalue weighted by Gasteiger charge is -2.11. The third-order valence-electron chi connectivity index (χ3n) is 3.73. The molecule has 0 saturated heterocycles. The second-order valence-electron chi connectivity index (χ2n) is 5.56. The Balaban J connectivity index is 3.38. The summed E-state index contributed by atoms with van der Waals surface area (Å²) in [5.41, 5.74) is 0. The van der Waals surface area contributed by atoms with Crippen LogP contribution in [0.4, 0.5) is 0 Å². The SMILES string of the molecule is CCCCCCCCC/C=C\CCCC(OC)C(=O)OC. The fraction of sp³-hybridized carbons (Fsp3) is 0.833. The van der Waals surface area contributed by atoms with E-state index in [2.05, 4.69) is 23.8 Å². The lowest BCUT2D eigenvalue weighted by molar-refractivity contribution is -0.152. The minimum absolute atomic E-state index is 0.274. The molecule has 0 aliphatic heterocycles. The van der Waals surface area contributed by atoms with Crippen molar-refractivity contribution in [1.82, 2.24) is 0 Å². The van der Waals surface area contributed by atoms with Gasteiger partial charge in [-0.3, -0.25) is 0 Å². The van der Waals surface area contributed by atoms with Gasteiger partial charge in [0.2, 0.25) is 0 Å². The Kier molecular flexibility index (Phi) is 14.9. The molecule has 0 spiro atoms. The van der Waals surface area contributed by atoms with Crippen LogP contribution in [0.15, 0.2) is 12.2 Å². The van der Waals surface area contributed by atoms with Crippen LogP contribution in [-0.2, 0) is 14.3 Å². The molecule has 3 nitrogen and oxygen atoms in total. The van der Waals surface area contributed by atoms with E-state index < -0.39 is 6.10 Å². The maximum Gasteiger partial charge on any atom is 0.334 e. The number of hydrogen-bond acceptors (Lipinski definition) is 3. The topological polar surface area (TPSA) is 35.5 Å². The van der Waals surface area contributed by atoms with Crippen LogP contribution in [0.25, 0.3) is 0 Å². The van der Waals surface area contributed by atoms with Crippen molar-refractivity contribution < 1.29 is 14.3 Å². The summed E-state index contributed by atoms with van der Waals surface area (Å²) < 4.78 is 9.78. The summed E-state index contributed by atoms with van der Waals surface area (Å²) in [6, 6.07) is 0. The zero-order valence-electron chi connectivity index (χ0n) is 14.2. The van der Waals surface area contributed by atoms with Crippen molar-refractivity contribution in [2.24, 2.45) is 0 Å². The van der Waals surface area contributed by atoms with Gasteiger partial charge in [0.25, 0.3) is 0 Å². The molecule has 0 aromatic carbocycles. The van der Waals surface area contributed by atoms with Crippen molar-refractivity contribution in [3.8, 4) is 0 Å². The molecule has 0 saturated carbocycles.